The van der Waals surface area contributed by atoms with Crippen LogP contribution >= 0.6 is 35.1 Å². The minimum Gasteiger partial charge on any atom is -0.316 e. The van der Waals surface area contributed by atoms with Gasteiger partial charge in [-0.3, -0.25) is 9.78 Å². The van der Waals surface area contributed by atoms with Crippen molar-refractivity contribution < 1.29 is 0 Å². The van der Waals surface area contributed by atoms with Gasteiger partial charge in [0.1, 0.15) is 5.39 Å². The van der Waals surface area contributed by atoms with E-state index in [1.165, 1.54) is 9.09 Å². The molecule has 0 fully saturated rings. The number of fused-ring (bicyclic) bond motifs is 1. The van der Waals surface area contributed by atoms with Gasteiger partial charge in [0, 0.05) is 0 Å². The number of halogens is 1. The number of aromatic nitrogens is 4. The van der Waals surface area contributed by atoms with Crippen molar-refractivity contribution in [3.05, 3.63) is 21.3 Å². The third kappa shape index (κ3) is 1.08. The molecule has 0 saturated heterocycles. The van der Waals surface area contributed by atoms with Gasteiger partial charge in [0.05, 0.1) is 29.1 Å². The summed E-state index contributed by atoms with van der Waals surface area (Å²) in [5, 5.41) is 4.42. The van der Waals surface area contributed by atoms with Gasteiger partial charge >= 0.3 is 0 Å². The van der Waals surface area contributed by atoms with Crippen molar-refractivity contribution in [2.24, 2.45) is 0 Å². The minimum absolute atomic E-state index is 0.211. The SMILES string of the molecule is O=c1[nH]c(=S)[nH]c2c1cnn2I. The summed E-state index contributed by atoms with van der Waals surface area (Å²) < 4.78 is 1.85. The predicted octanol–water partition coefficient (Wildman–Crippen LogP) is 0.980. The van der Waals surface area contributed by atoms with Crippen LogP contribution in [0.5, 0.6) is 0 Å². The zero-order valence-corrected chi connectivity index (χ0v) is 8.64. The Kier molecular flexibility index (Phi) is 1.76. The Hall–Kier alpha value is -0.700. The van der Waals surface area contributed by atoms with Crippen molar-refractivity contribution in [3.8, 4) is 0 Å². The molecule has 0 amide bonds. The zero-order valence-electron chi connectivity index (χ0n) is 5.67. The summed E-state index contributed by atoms with van der Waals surface area (Å²) >= 11 is 6.76. The molecule has 2 heterocycles. The van der Waals surface area contributed by atoms with Crippen LogP contribution in [0.2, 0.25) is 0 Å². The lowest BCUT2D eigenvalue weighted by atomic mass is 10.4. The second-order valence-corrected chi connectivity index (χ2v) is 3.50. The van der Waals surface area contributed by atoms with E-state index in [9.17, 15) is 4.79 Å². The van der Waals surface area contributed by atoms with Crippen LogP contribution in [0.3, 0.4) is 0 Å². The first kappa shape index (κ1) is 7.92. The Morgan fingerprint density at radius 3 is 3.08 bits per heavy atom. The first-order chi connectivity index (χ1) is 5.68. The van der Waals surface area contributed by atoms with Crippen molar-refractivity contribution in [2.75, 3.05) is 0 Å². The summed E-state index contributed by atoms with van der Waals surface area (Å²) in [7, 11) is 0. The van der Waals surface area contributed by atoms with Gasteiger partial charge in [-0.05, 0) is 12.2 Å². The number of rotatable bonds is 0. The smallest absolute Gasteiger partial charge is 0.262 e. The average Bonchev–Trinajstić information content (AvgIpc) is 2.33. The Balaban J connectivity index is 3.13. The van der Waals surface area contributed by atoms with Gasteiger partial charge in [0.15, 0.2) is 10.4 Å². The second-order valence-electron chi connectivity index (χ2n) is 2.18. The van der Waals surface area contributed by atoms with Gasteiger partial charge < -0.3 is 4.98 Å². The third-order valence-corrected chi connectivity index (χ3v) is 2.37. The summed E-state index contributed by atoms with van der Waals surface area (Å²) in [6, 6.07) is 0. The molecule has 0 radical (unpaired) electrons. The van der Waals surface area contributed by atoms with Gasteiger partial charge in [0.25, 0.3) is 5.56 Å². The molecule has 0 aliphatic heterocycles. The summed E-state index contributed by atoms with van der Waals surface area (Å²) in [5.74, 6) is 0. The van der Waals surface area contributed by atoms with Crippen LogP contribution in [-0.4, -0.2) is 18.0 Å². The summed E-state index contributed by atoms with van der Waals surface area (Å²) in [6.45, 7) is 0. The number of hydrogen-bond donors (Lipinski definition) is 2. The summed E-state index contributed by atoms with van der Waals surface area (Å²) in [5.41, 5.74) is 0.418. The van der Waals surface area contributed by atoms with Gasteiger partial charge in [-0.15, -0.1) is 0 Å². The van der Waals surface area contributed by atoms with Crippen LogP contribution in [0, 0.1) is 4.77 Å². The first-order valence-electron chi connectivity index (χ1n) is 3.05. The fraction of sp³-hybridized carbons (Fsp3) is 0. The molecule has 0 saturated carbocycles. The molecule has 0 spiro atoms. The second kappa shape index (κ2) is 2.66. The van der Waals surface area contributed by atoms with Gasteiger partial charge in [-0.1, -0.05) is 0 Å². The largest absolute Gasteiger partial charge is 0.316 e. The number of nitrogens with one attached hydrogen (secondary N) is 2. The Morgan fingerprint density at radius 1 is 1.58 bits per heavy atom. The molecule has 2 N–H and O–H groups in total. The molecule has 5 nitrogen and oxygen atoms in total. The van der Waals surface area contributed by atoms with E-state index in [1.807, 2.05) is 22.9 Å². The van der Waals surface area contributed by atoms with E-state index in [-0.39, 0.29) is 5.56 Å². The average molecular weight is 294 g/mol. The van der Waals surface area contributed by atoms with Crippen molar-refractivity contribution in [2.45, 2.75) is 0 Å². The first-order valence-corrected chi connectivity index (χ1v) is 4.42. The minimum atomic E-state index is -0.211. The summed E-state index contributed by atoms with van der Waals surface area (Å²) in [6.07, 6.45) is 1.49. The van der Waals surface area contributed by atoms with Crippen molar-refractivity contribution in [1.82, 2.24) is 18.0 Å². The quantitative estimate of drug-likeness (QED) is 0.562. The van der Waals surface area contributed by atoms with Gasteiger partial charge in [-0.25, -0.2) is 0 Å². The van der Waals surface area contributed by atoms with Crippen LogP contribution in [0.1, 0.15) is 0 Å². The van der Waals surface area contributed by atoms with Crippen molar-refractivity contribution in [3.63, 3.8) is 0 Å². The fourth-order valence-electron chi connectivity index (χ4n) is 0.916. The molecule has 0 aromatic carbocycles. The molecule has 0 aliphatic rings. The molecule has 0 aliphatic carbocycles. The molecule has 7 heteroatoms. The molecular weight excluding hydrogens is 291 g/mol. The predicted molar refractivity (Wildman–Crippen MR) is 55.0 cm³/mol. The molecule has 0 unspecified atom stereocenters. The molecule has 2 aromatic heterocycles. The maximum Gasteiger partial charge on any atom is 0.262 e. The van der Waals surface area contributed by atoms with E-state index in [1.54, 1.807) is 0 Å². The molecular formula is C5H3IN4OS. The van der Waals surface area contributed by atoms with Crippen LogP contribution in [0.25, 0.3) is 11.0 Å². The highest BCUT2D eigenvalue weighted by Crippen LogP contribution is 2.06. The Bertz CT molecular complexity index is 538. The number of hydrogen-bond acceptors (Lipinski definition) is 3. The maximum atomic E-state index is 11.2. The Labute approximate surface area is 85.3 Å². The number of aromatic amines is 2. The van der Waals surface area contributed by atoms with E-state index in [4.69, 9.17) is 12.2 Å². The van der Waals surface area contributed by atoms with Crippen molar-refractivity contribution >= 4 is 46.1 Å². The highest BCUT2D eigenvalue weighted by molar-refractivity contribution is 14.1. The fourth-order valence-corrected chi connectivity index (χ4v) is 1.61. The van der Waals surface area contributed by atoms with Gasteiger partial charge in [0.2, 0.25) is 0 Å². The third-order valence-electron chi connectivity index (χ3n) is 1.43. The van der Waals surface area contributed by atoms with Crippen LogP contribution in [0.15, 0.2) is 11.0 Å². The van der Waals surface area contributed by atoms with Gasteiger partial charge in [-0.2, -0.15) is 7.99 Å². The molecule has 0 atom stereocenters. The molecule has 62 valence electrons. The van der Waals surface area contributed by atoms with E-state index in [0.29, 0.717) is 15.8 Å². The highest BCUT2D eigenvalue weighted by atomic mass is 127. The van der Waals surface area contributed by atoms with E-state index >= 15 is 0 Å². The van der Waals surface area contributed by atoms with Crippen molar-refractivity contribution in [1.29, 1.82) is 0 Å². The standard InChI is InChI=1S/C5H3IN4OS/c6-10-3-2(1-7-10)4(11)9-5(12)8-3/h1H,(H2,8,9,11,12). The van der Waals surface area contributed by atoms with E-state index in [2.05, 4.69) is 15.1 Å². The normalized spacial score (nSPS) is 10.8. The van der Waals surface area contributed by atoms with E-state index < -0.39 is 0 Å². The van der Waals surface area contributed by atoms with Crippen LogP contribution in [-0.2, 0) is 0 Å². The molecule has 2 rings (SSSR count). The zero-order chi connectivity index (χ0) is 8.72. The molecule has 0 bridgehead atoms. The molecule has 12 heavy (non-hydrogen) atoms. The topological polar surface area (TPSA) is 66.5 Å². The number of nitrogens with zero attached hydrogens (tertiary/aromatic N) is 2. The lowest BCUT2D eigenvalue weighted by Gasteiger charge is -1.90. The Morgan fingerprint density at radius 2 is 2.33 bits per heavy atom. The van der Waals surface area contributed by atoms with E-state index in [0.717, 1.165) is 0 Å². The van der Waals surface area contributed by atoms with Crippen LogP contribution < -0.4 is 5.56 Å². The lowest BCUT2D eigenvalue weighted by Crippen LogP contribution is -2.06. The summed E-state index contributed by atoms with van der Waals surface area (Å²) in [4.78, 5) is 16.5. The van der Waals surface area contributed by atoms with Crippen LogP contribution in [0.4, 0.5) is 0 Å². The number of H-pyrrole nitrogens is 2. The molecule has 2 aromatic rings. The maximum absolute atomic E-state index is 11.2. The lowest BCUT2D eigenvalue weighted by molar-refractivity contribution is 1.05. The highest BCUT2D eigenvalue weighted by Gasteiger charge is 2.03. The monoisotopic (exact) mass is 294 g/mol.